The van der Waals surface area contributed by atoms with Crippen molar-refractivity contribution in [3.8, 4) is 5.75 Å². The highest BCUT2D eigenvalue weighted by Gasteiger charge is 2.44. The molecule has 1 saturated heterocycles. The average Bonchev–Trinajstić information content (AvgIpc) is 2.62. The molecule has 0 N–H and O–H groups in total. The molecule has 1 unspecified atom stereocenters. The van der Waals surface area contributed by atoms with E-state index in [0.717, 1.165) is 25.9 Å². The number of rotatable bonds is 5. The third kappa shape index (κ3) is 3.23. The van der Waals surface area contributed by atoms with E-state index in [2.05, 4.69) is 4.90 Å². The normalized spacial score (nSPS) is 18.3. The predicted molar refractivity (Wildman–Crippen MR) is 87.6 cm³/mol. The molecular formula is C19H22FNO2. The van der Waals surface area contributed by atoms with Gasteiger partial charge in [0.2, 0.25) is 0 Å². The summed E-state index contributed by atoms with van der Waals surface area (Å²) in [7, 11) is 1.57. The fourth-order valence-corrected chi connectivity index (χ4v) is 3.12. The maximum Gasteiger partial charge on any atom is 0.303 e. The molecule has 2 aromatic carbocycles. The minimum absolute atomic E-state index is 0.323. The minimum Gasteiger partial charge on any atom is -0.445 e. The lowest BCUT2D eigenvalue weighted by molar-refractivity contribution is -0.277. The first-order valence-corrected chi connectivity index (χ1v) is 8.05. The van der Waals surface area contributed by atoms with Crippen molar-refractivity contribution in [1.82, 2.24) is 4.90 Å². The molecule has 0 aromatic heterocycles. The van der Waals surface area contributed by atoms with Gasteiger partial charge in [0.25, 0.3) is 0 Å². The Kier molecular flexibility index (Phi) is 4.94. The maximum atomic E-state index is 14.5. The number of benzene rings is 2. The minimum atomic E-state index is -1.24. The number of nitrogens with zero attached hydrogens (tertiary/aromatic N) is 1. The Hall–Kier alpha value is -1.91. The SMILES string of the molecule is COC(Oc1ccccc1)(c1ccccc1F)N1CCCCC1. The van der Waals surface area contributed by atoms with E-state index in [4.69, 9.17) is 9.47 Å². The molecule has 0 aliphatic carbocycles. The molecule has 4 heteroatoms. The number of ether oxygens (including phenoxy) is 2. The lowest BCUT2D eigenvalue weighted by Gasteiger charge is -2.44. The standard InChI is InChI=1S/C19H22FNO2/c1-22-19(21-14-8-3-9-15-21,17-12-6-7-13-18(17)20)23-16-10-4-2-5-11-16/h2,4-7,10-13H,3,8-9,14-15H2,1H3. The maximum absolute atomic E-state index is 14.5. The monoisotopic (exact) mass is 315 g/mol. The number of methoxy groups -OCH3 is 1. The number of hydrogen-bond acceptors (Lipinski definition) is 3. The van der Waals surface area contributed by atoms with Gasteiger partial charge in [-0.3, -0.25) is 0 Å². The van der Waals surface area contributed by atoms with Gasteiger partial charge in [0.05, 0.1) is 5.56 Å². The quantitative estimate of drug-likeness (QED) is 0.774. The third-order valence-corrected chi connectivity index (χ3v) is 4.26. The van der Waals surface area contributed by atoms with Gasteiger partial charge in [-0.05, 0) is 37.1 Å². The van der Waals surface area contributed by atoms with Crippen LogP contribution in [0.4, 0.5) is 4.39 Å². The van der Waals surface area contributed by atoms with Crippen LogP contribution in [0.25, 0.3) is 0 Å². The van der Waals surface area contributed by atoms with Gasteiger partial charge < -0.3 is 9.47 Å². The highest BCUT2D eigenvalue weighted by atomic mass is 19.1. The first kappa shape index (κ1) is 16.0. The molecule has 3 rings (SSSR count). The Morgan fingerprint density at radius 3 is 2.22 bits per heavy atom. The van der Waals surface area contributed by atoms with E-state index in [9.17, 15) is 4.39 Å². The molecule has 3 nitrogen and oxygen atoms in total. The number of para-hydroxylation sites is 1. The van der Waals surface area contributed by atoms with E-state index >= 15 is 0 Å². The van der Waals surface area contributed by atoms with Gasteiger partial charge in [-0.25, -0.2) is 9.29 Å². The lowest BCUT2D eigenvalue weighted by atomic mass is 10.1. The molecule has 2 aromatic rings. The summed E-state index contributed by atoms with van der Waals surface area (Å²) >= 11 is 0. The first-order valence-electron chi connectivity index (χ1n) is 8.05. The van der Waals surface area contributed by atoms with Gasteiger partial charge in [-0.1, -0.05) is 36.8 Å². The molecule has 122 valence electrons. The van der Waals surface area contributed by atoms with Crippen LogP contribution in [0.5, 0.6) is 5.75 Å². The van der Waals surface area contributed by atoms with E-state index < -0.39 is 5.91 Å². The summed E-state index contributed by atoms with van der Waals surface area (Å²) in [5, 5.41) is 0. The van der Waals surface area contributed by atoms with E-state index in [1.807, 2.05) is 36.4 Å². The summed E-state index contributed by atoms with van der Waals surface area (Å²) in [6.07, 6.45) is 3.29. The van der Waals surface area contributed by atoms with Crippen LogP contribution in [0.3, 0.4) is 0 Å². The zero-order chi connectivity index (χ0) is 16.1. The van der Waals surface area contributed by atoms with Gasteiger partial charge in [-0.15, -0.1) is 0 Å². The van der Waals surface area contributed by atoms with E-state index in [1.54, 1.807) is 19.2 Å². The molecule has 1 aliphatic rings. The van der Waals surface area contributed by atoms with Gasteiger partial charge in [0, 0.05) is 20.2 Å². The molecule has 1 heterocycles. The number of hydrogen-bond donors (Lipinski definition) is 0. The second-order valence-corrected chi connectivity index (χ2v) is 5.73. The molecule has 0 radical (unpaired) electrons. The highest BCUT2D eigenvalue weighted by molar-refractivity contribution is 5.27. The van der Waals surface area contributed by atoms with Crippen LogP contribution in [0, 0.1) is 5.82 Å². The topological polar surface area (TPSA) is 21.7 Å². The third-order valence-electron chi connectivity index (χ3n) is 4.26. The summed E-state index contributed by atoms with van der Waals surface area (Å²) in [4.78, 5) is 2.09. The summed E-state index contributed by atoms with van der Waals surface area (Å²) in [5.41, 5.74) is 0.410. The van der Waals surface area contributed by atoms with Gasteiger partial charge in [-0.2, -0.15) is 0 Å². The summed E-state index contributed by atoms with van der Waals surface area (Å²) in [6.45, 7) is 1.63. The van der Waals surface area contributed by atoms with Crippen LogP contribution < -0.4 is 4.74 Å². The Morgan fingerprint density at radius 2 is 1.57 bits per heavy atom. The Balaban J connectivity index is 2.05. The van der Waals surface area contributed by atoms with Gasteiger partial charge >= 0.3 is 5.91 Å². The molecule has 0 bridgehead atoms. The van der Waals surface area contributed by atoms with Crippen LogP contribution >= 0.6 is 0 Å². The molecule has 1 atom stereocenters. The van der Waals surface area contributed by atoms with Crippen LogP contribution in [0.15, 0.2) is 54.6 Å². The predicted octanol–water partition coefficient (Wildman–Crippen LogP) is 4.15. The largest absolute Gasteiger partial charge is 0.445 e. The summed E-state index contributed by atoms with van der Waals surface area (Å²) in [6, 6.07) is 16.1. The van der Waals surface area contributed by atoms with Crippen LogP contribution in [-0.2, 0) is 10.6 Å². The molecular weight excluding hydrogens is 293 g/mol. The molecule has 0 spiro atoms. The van der Waals surface area contributed by atoms with Crippen molar-refractivity contribution in [2.45, 2.75) is 25.2 Å². The van der Waals surface area contributed by atoms with Gasteiger partial charge in [0.15, 0.2) is 0 Å². The van der Waals surface area contributed by atoms with E-state index in [-0.39, 0.29) is 5.82 Å². The first-order chi connectivity index (χ1) is 11.3. The molecule has 0 amide bonds. The average molecular weight is 315 g/mol. The Labute approximate surface area is 136 Å². The van der Waals surface area contributed by atoms with E-state index in [1.165, 1.54) is 12.5 Å². The van der Waals surface area contributed by atoms with Crippen molar-refractivity contribution in [3.63, 3.8) is 0 Å². The molecule has 1 fully saturated rings. The fourth-order valence-electron chi connectivity index (χ4n) is 3.12. The lowest BCUT2D eigenvalue weighted by Crippen LogP contribution is -2.54. The smallest absolute Gasteiger partial charge is 0.303 e. The van der Waals surface area contributed by atoms with Crippen molar-refractivity contribution in [2.24, 2.45) is 0 Å². The van der Waals surface area contributed by atoms with Crippen LogP contribution in [0.1, 0.15) is 24.8 Å². The highest BCUT2D eigenvalue weighted by Crippen LogP contribution is 2.36. The van der Waals surface area contributed by atoms with Gasteiger partial charge in [0.1, 0.15) is 11.6 Å². The van der Waals surface area contributed by atoms with Crippen molar-refractivity contribution >= 4 is 0 Å². The molecule has 0 saturated carbocycles. The Morgan fingerprint density at radius 1 is 0.913 bits per heavy atom. The second-order valence-electron chi connectivity index (χ2n) is 5.73. The number of likely N-dealkylation sites (tertiary alicyclic amines) is 1. The van der Waals surface area contributed by atoms with E-state index in [0.29, 0.717) is 11.3 Å². The van der Waals surface area contributed by atoms with Crippen molar-refractivity contribution in [1.29, 1.82) is 0 Å². The number of piperidine rings is 1. The number of halogens is 1. The van der Waals surface area contributed by atoms with Crippen molar-refractivity contribution in [2.75, 3.05) is 20.2 Å². The van der Waals surface area contributed by atoms with Crippen LogP contribution in [-0.4, -0.2) is 25.1 Å². The van der Waals surface area contributed by atoms with Crippen molar-refractivity contribution in [3.05, 3.63) is 66.0 Å². The molecule has 1 aliphatic heterocycles. The van der Waals surface area contributed by atoms with Crippen LogP contribution in [0.2, 0.25) is 0 Å². The zero-order valence-corrected chi connectivity index (χ0v) is 13.4. The summed E-state index contributed by atoms with van der Waals surface area (Å²) < 4.78 is 26.6. The fraction of sp³-hybridized carbons (Fsp3) is 0.368. The zero-order valence-electron chi connectivity index (χ0n) is 13.4. The summed E-state index contributed by atoms with van der Waals surface area (Å²) in [5.74, 6) is -0.911. The second kappa shape index (κ2) is 7.11. The van der Waals surface area contributed by atoms with Crippen molar-refractivity contribution < 1.29 is 13.9 Å². The Bertz CT molecular complexity index is 628. The molecule has 23 heavy (non-hydrogen) atoms.